The van der Waals surface area contributed by atoms with Crippen molar-refractivity contribution in [1.82, 2.24) is 4.98 Å². The first-order chi connectivity index (χ1) is 9.78. The number of carbonyl (C=O) groups is 1. The molecule has 1 unspecified atom stereocenters. The van der Waals surface area contributed by atoms with Gasteiger partial charge in [-0.2, -0.15) is 0 Å². The Morgan fingerprint density at radius 3 is 2.75 bits per heavy atom. The molecule has 1 fully saturated rings. The molecular formula is C16H15ClN2O. The van der Waals surface area contributed by atoms with Gasteiger partial charge in [-0.15, -0.1) is 11.6 Å². The van der Waals surface area contributed by atoms with Gasteiger partial charge in [0.25, 0.3) is 0 Å². The second kappa shape index (κ2) is 5.63. The molecule has 1 aliphatic rings. The molecule has 102 valence electrons. The van der Waals surface area contributed by atoms with Gasteiger partial charge in [0.05, 0.1) is 5.69 Å². The lowest BCUT2D eigenvalue weighted by Gasteiger charge is -2.17. The van der Waals surface area contributed by atoms with Crippen molar-refractivity contribution >= 4 is 23.2 Å². The van der Waals surface area contributed by atoms with Crippen molar-refractivity contribution in [2.24, 2.45) is 5.92 Å². The molecule has 0 radical (unpaired) electrons. The predicted molar refractivity (Wildman–Crippen MR) is 80.9 cm³/mol. The van der Waals surface area contributed by atoms with Gasteiger partial charge in [-0.25, -0.2) is 0 Å². The summed E-state index contributed by atoms with van der Waals surface area (Å²) in [6.45, 7) is 0.695. The monoisotopic (exact) mass is 286 g/mol. The Kier molecular flexibility index (Phi) is 3.70. The highest BCUT2D eigenvalue weighted by Gasteiger charge is 2.30. The lowest BCUT2D eigenvalue weighted by molar-refractivity contribution is -0.117. The highest BCUT2D eigenvalue weighted by atomic mass is 35.5. The maximum absolute atomic E-state index is 12.0. The predicted octanol–water partition coefficient (Wildman–Crippen LogP) is 3.34. The Balaban J connectivity index is 1.91. The summed E-state index contributed by atoms with van der Waals surface area (Å²) in [4.78, 5) is 18.2. The summed E-state index contributed by atoms with van der Waals surface area (Å²) < 4.78 is 0. The zero-order valence-electron chi connectivity index (χ0n) is 11.0. The molecule has 1 saturated heterocycles. The van der Waals surface area contributed by atoms with Gasteiger partial charge in [0, 0.05) is 36.3 Å². The van der Waals surface area contributed by atoms with Gasteiger partial charge >= 0.3 is 0 Å². The van der Waals surface area contributed by atoms with E-state index in [9.17, 15) is 4.79 Å². The lowest BCUT2D eigenvalue weighted by atomic mass is 10.1. The number of alkyl halides is 1. The van der Waals surface area contributed by atoms with Crippen LogP contribution in [0.2, 0.25) is 0 Å². The van der Waals surface area contributed by atoms with Crippen LogP contribution in [-0.2, 0) is 4.79 Å². The van der Waals surface area contributed by atoms with Crippen molar-refractivity contribution in [2.75, 3.05) is 17.3 Å². The maximum Gasteiger partial charge on any atom is 0.227 e. The largest absolute Gasteiger partial charge is 0.312 e. The molecule has 0 bridgehead atoms. The summed E-state index contributed by atoms with van der Waals surface area (Å²) in [7, 11) is 0. The Morgan fingerprint density at radius 1 is 1.25 bits per heavy atom. The van der Waals surface area contributed by atoms with E-state index in [1.807, 2.05) is 42.5 Å². The lowest BCUT2D eigenvalue weighted by Crippen LogP contribution is -2.24. The van der Waals surface area contributed by atoms with E-state index in [4.69, 9.17) is 11.6 Å². The fraction of sp³-hybridized carbons (Fsp3) is 0.250. The van der Waals surface area contributed by atoms with Crippen molar-refractivity contribution in [3.63, 3.8) is 0 Å². The van der Waals surface area contributed by atoms with Gasteiger partial charge in [-0.1, -0.05) is 30.3 Å². The van der Waals surface area contributed by atoms with Gasteiger partial charge in [-0.05, 0) is 18.1 Å². The normalized spacial score (nSPS) is 18.6. The Bertz CT molecular complexity index is 615. The van der Waals surface area contributed by atoms with Crippen LogP contribution in [0.25, 0.3) is 11.3 Å². The van der Waals surface area contributed by atoms with Gasteiger partial charge in [-0.3, -0.25) is 9.78 Å². The van der Waals surface area contributed by atoms with E-state index in [2.05, 4.69) is 4.98 Å². The first-order valence-corrected chi connectivity index (χ1v) is 7.19. The summed E-state index contributed by atoms with van der Waals surface area (Å²) in [6, 6.07) is 13.8. The minimum Gasteiger partial charge on any atom is -0.312 e. The molecule has 0 spiro atoms. The van der Waals surface area contributed by atoms with Crippen LogP contribution in [0, 0.1) is 5.92 Å². The topological polar surface area (TPSA) is 33.2 Å². The smallest absolute Gasteiger partial charge is 0.227 e. The SMILES string of the molecule is O=C1CC(CCl)CN1c1ccnc(-c2ccccc2)c1. The third-order valence-electron chi connectivity index (χ3n) is 3.55. The number of amides is 1. The molecule has 0 N–H and O–H groups in total. The van der Waals surface area contributed by atoms with Crippen LogP contribution in [0.3, 0.4) is 0 Å². The zero-order valence-corrected chi connectivity index (χ0v) is 11.8. The van der Waals surface area contributed by atoms with Crippen molar-refractivity contribution in [3.8, 4) is 11.3 Å². The minimum atomic E-state index is 0.140. The Labute approximate surface area is 123 Å². The van der Waals surface area contributed by atoms with Gasteiger partial charge in [0.1, 0.15) is 0 Å². The summed E-state index contributed by atoms with van der Waals surface area (Å²) in [6.07, 6.45) is 2.28. The molecule has 3 rings (SSSR count). The Morgan fingerprint density at radius 2 is 2.05 bits per heavy atom. The molecule has 0 saturated carbocycles. The quantitative estimate of drug-likeness (QED) is 0.811. The summed E-state index contributed by atoms with van der Waals surface area (Å²) in [5, 5.41) is 0. The molecule has 1 aliphatic heterocycles. The summed E-state index contributed by atoms with van der Waals surface area (Å²) in [5.41, 5.74) is 2.83. The van der Waals surface area contributed by atoms with E-state index in [1.165, 1.54) is 0 Å². The number of nitrogens with zero attached hydrogens (tertiary/aromatic N) is 2. The number of pyridine rings is 1. The average Bonchev–Trinajstić information content (AvgIpc) is 2.89. The van der Waals surface area contributed by atoms with Crippen LogP contribution >= 0.6 is 11.6 Å². The van der Waals surface area contributed by atoms with Crippen LogP contribution in [0.5, 0.6) is 0 Å². The van der Waals surface area contributed by atoms with Crippen LogP contribution in [0.4, 0.5) is 5.69 Å². The van der Waals surface area contributed by atoms with Crippen LogP contribution in [-0.4, -0.2) is 23.3 Å². The molecule has 0 aliphatic carbocycles. The first-order valence-electron chi connectivity index (χ1n) is 6.65. The number of hydrogen-bond donors (Lipinski definition) is 0. The van der Waals surface area contributed by atoms with E-state index >= 15 is 0 Å². The summed E-state index contributed by atoms with van der Waals surface area (Å²) >= 11 is 5.86. The number of aromatic nitrogens is 1. The molecule has 1 amide bonds. The average molecular weight is 287 g/mol. The number of halogens is 1. The van der Waals surface area contributed by atoms with Crippen molar-refractivity contribution < 1.29 is 4.79 Å². The van der Waals surface area contributed by atoms with Gasteiger partial charge in [0.15, 0.2) is 0 Å². The highest BCUT2D eigenvalue weighted by molar-refractivity contribution is 6.18. The summed E-state index contributed by atoms with van der Waals surface area (Å²) in [5.74, 6) is 0.914. The van der Waals surface area contributed by atoms with E-state index in [0.29, 0.717) is 18.8 Å². The standard InChI is InChI=1S/C16H15ClN2O/c17-10-12-8-16(20)19(11-12)14-6-7-18-15(9-14)13-4-2-1-3-5-13/h1-7,9,12H,8,10-11H2. The fourth-order valence-electron chi connectivity index (χ4n) is 2.49. The van der Waals surface area contributed by atoms with Crippen LogP contribution in [0.1, 0.15) is 6.42 Å². The number of benzene rings is 1. The first kappa shape index (κ1) is 13.1. The fourth-order valence-corrected chi connectivity index (χ4v) is 2.70. The van der Waals surface area contributed by atoms with Gasteiger partial charge < -0.3 is 4.90 Å². The van der Waals surface area contributed by atoms with E-state index in [-0.39, 0.29) is 11.8 Å². The number of carbonyl (C=O) groups excluding carboxylic acids is 1. The van der Waals surface area contributed by atoms with Crippen molar-refractivity contribution in [3.05, 3.63) is 48.7 Å². The molecule has 1 aromatic carbocycles. The van der Waals surface area contributed by atoms with E-state index in [0.717, 1.165) is 16.9 Å². The van der Waals surface area contributed by atoms with Gasteiger partial charge in [0.2, 0.25) is 5.91 Å². The number of hydrogen-bond acceptors (Lipinski definition) is 2. The molecule has 2 heterocycles. The van der Waals surface area contributed by atoms with Crippen molar-refractivity contribution in [1.29, 1.82) is 0 Å². The molecular weight excluding hydrogens is 272 g/mol. The van der Waals surface area contributed by atoms with Crippen LogP contribution < -0.4 is 4.90 Å². The number of rotatable bonds is 3. The third kappa shape index (κ3) is 2.54. The molecule has 2 aromatic rings. The van der Waals surface area contributed by atoms with E-state index in [1.54, 1.807) is 11.1 Å². The third-order valence-corrected chi connectivity index (χ3v) is 3.98. The minimum absolute atomic E-state index is 0.140. The zero-order chi connectivity index (χ0) is 13.9. The highest BCUT2D eigenvalue weighted by Crippen LogP contribution is 2.28. The second-order valence-corrected chi connectivity index (χ2v) is 5.30. The molecule has 4 heteroatoms. The molecule has 20 heavy (non-hydrogen) atoms. The number of anilines is 1. The van der Waals surface area contributed by atoms with E-state index < -0.39 is 0 Å². The molecule has 1 atom stereocenters. The molecule has 3 nitrogen and oxygen atoms in total. The Hall–Kier alpha value is -1.87. The second-order valence-electron chi connectivity index (χ2n) is 4.99. The van der Waals surface area contributed by atoms with Crippen molar-refractivity contribution in [2.45, 2.75) is 6.42 Å². The maximum atomic E-state index is 12.0. The molecule has 1 aromatic heterocycles. The van der Waals surface area contributed by atoms with Crippen LogP contribution in [0.15, 0.2) is 48.7 Å².